The van der Waals surface area contributed by atoms with E-state index in [1.807, 2.05) is 58.2 Å². The number of halogens is 2. The number of aliphatic hydroxyl groups excluding tert-OH is 1. The lowest BCUT2D eigenvalue weighted by Crippen LogP contribution is -2.57. The fraction of sp³-hybridized carbons (Fsp3) is 0.516. The first kappa shape index (κ1) is 58.1. The molecule has 5 N–H and O–H groups in total. The number of anilines is 1. The highest BCUT2D eigenvalue weighted by atomic mass is 19.1. The molecule has 5 aliphatic heterocycles. The number of ether oxygens (including phenoxy) is 1. The fourth-order valence-electron chi connectivity index (χ4n) is 12.6. The van der Waals surface area contributed by atoms with E-state index in [0.717, 1.165) is 114 Å². The lowest BCUT2D eigenvalue weighted by Gasteiger charge is -2.35. The van der Waals surface area contributed by atoms with Crippen LogP contribution in [0.15, 0.2) is 65.4 Å². The van der Waals surface area contributed by atoms with Crippen LogP contribution in [-0.4, -0.2) is 135 Å². The average molecular weight is 1120 g/mol. The lowest BCUT2D eigenvalue weighted by atomic mass is 9.85. The molecule has 5 aliphatic rings. The second kappa shape index (κ2) is 25.6. The summed E-state index contributed by atoms with van der Waals surface area (Å²) >= 11 is 0. The second-order valence-corrected chi connectivity index (χ2v) is 24.2. The van der Waals surface area contributed by atoms with Crippen LogP contribution in [0.1, 0.15) is 141 Å². The van der Waals surface area contributed by atoms with Gasteiger partial charge >= 0.3 is 6.01 Å². The molecule has 2 aromatic heterocycles. The number of unbranched alkanes of at least 4 members (excludes halogenated alkanes) is 7. The number of nitrogens with one attached hydrogen (secondary N) is 3. The average Bonchev–Trinajstić information content (AvgIpc) is 2.05. The molecule has 0 saturated carbocycles. The Morgan fingerprint density at radius 1 is 0.915 bits per heavy atom. The van der Waals surface area contributed by atoms with Crippen molar-refractivity contribution in [2.24, 2.45) is 10.4 Å². The van der Waals surface area contributed by atoms with E-state index < -0.39 is 35.2 Å². The smallest absolute Gasteiger partial charge is 0.319 e. The minimum Gasteiger partial charge on any atom is -0.508 e. The van der Waals surface area contributed by atoms with Crippen LogP contribution < -0.4 is 25.6 Å². The summed E-state index contributed by atoms with van der Waals surface area (Å²) in [6.07, 6.45) is 21.3. The lowest BCUT2D eigenvalue weighted by molar-refractivity contribution is -0.144. The number of amides is 3. The van der Waals surface area contributed by atoms with E-state index in [1.165, 1.54) is 34.7 Å². The number of aromatic hydroxyl groups is 1. The van der Waals surface area contributed by atoms with Gasteiger partial charge in [-0.3, -0.25) is 24.4 Å². The van der Waals surface area contributed by atoms with E-state index in [4.69, 9.17) is 16.1 Å². The number of likely N-dealkylation sites (tertiary alicyclic amines) is 2. The third-order valence-electron chi connectivity index (χ3n) is 17.1. The molecule has 0 aliphatic carbocycles. The summed E-state index contributed by atoms with van der Waals surface area (Å²) < 4.78 is 38.6. The second-order valence-electron chi connectivity index (χ2n) is 24.2. The number of phenols is 1. The summed E-state index contributed by atoms with van der Waals surface area (Å²) in [6, 6.07) is 12.5. The van der Waals surface area contributed by atoms with Crippen molar-refractivity contribution in [2.45, 2.75) is 167 Å². The number of carbonyl (C=O) groups is 3. The van der Waals surface area contributed by atoms with Gasteiger partial charge in [0.15, 0.2) is 5.82 Å². The Hall–Kier alpha value is -7.07. The highest BCUT2D eigenvalue weighted by Gasteiger charge is 2.44. The number of piperazine rings is 1. The topological polar surface area (TPSA) is 198 Å². The molecule has 2 bridgehead atoms. The Balaban J connectivity index is 0.647. The highest BCUT2D eigenvalue weighted by Crippen LogP contribution is 2.40. The number of aliphatic imine (C=N–C) groups is 1. The van der Waals surface area contributed by atoms with Gasteiger partial charge in [-0.15, -0.1) is 6.42 Å². The number of fused-ring (bicyclic) bond motifs is 4. The normalized spacial score (nSPS) is 20.7. The number of carbonyl (C=O) groups excluding carboxylic acids is 3. The van der Waals surface area contributed by atoms with Gasteiger partial charge in [-0.25, -0.2) is 8.78 Å². The van der Waals surface area contributed by atoms with E-state index >= 15 is 8.78 Å². The van der Waals surface area contributed by atoms with Gasteiger partial charge in [0.05, 0.1) is 17.1 Å². The van der Waals surface area contributed by atoms with Gasteiger partial charge in [-0.2, -0.15) is 9.97 Å². The molecule has 3 amide bonds. The van der Waals surface area contributed by atoms with Crippen LogP contribution in [-0.2, 0) is 20.9 Å². The van der Waals surface area contributed by atoms with Crippen LogP contribution in [0.3, 0.4) is 0 Å². The zero-order valence-electron chi connectivity index (χ0n) is 47.8. The van der Waals surface area contributed by atoms with Gasteiger partial charge in [0.2, 0.25) is 17.7 Å². The number of nitrogens with zero attached hydrogens (tertiary/aromatic N) is 7. The van der Waals surface area contributed by atoms with Gasteiger partial charge in [-0.1, -0.05) is 95.5 Å². The molecule has 4 fully saturated rings. The summed E-state index contributed by atoms with van der Waals surface area (Å²) in [5, 5.41) is 32.1. The van der Waals surface area contributed by atoms with Crippen molar-refractivity contribution in [3.05, 3.63) is 88.7 Å². The first-order valence-corrected chi connectivity index (χ1v) is 29.6. The predicted molar refractivity (Wildman–Crippen MR) is 315 cm³/mol. The van der Waals surface area contributed by atoms with E-state index in [2.05, 4.69) is 46.6 Å². The summed E-state index contributed by atoms with van der Waals surface area (Å²) in [5.74, 6) is 0.567. The van der Waals surface area contributed by atoms with Gasteiger partial charge < -0.3 is 45.6 Å². The van der Waals surface area contributed by atoms with Crippen molar-refractivity contribution in [1.29, 1.82) is 0 Å². The van der Waals surface area contributed by atoms with Crippen molar-refractivity contribution in [3.8, 4) is 35.4 Å². The minimum atomic E-state index is -0.858. The van der Waals surface area contributed by atoms with Crippen LogP contribution in [0.5, 0.6) is 11.8 Å². The number of aromatic nitrogens is 3. The van der Waals surface area contributed by atoms with Crippen LogP contribution in [0, 0.1) is 29.4 Å². The third-order valence-corrected chi connectivity index (χ3v) is 17.1. The minimum absolute atomic E-state index is 0.0278. The van der Waals surface area contributed by atoms with Gasteiger partial charge in [0.25, 0.3) is 0 Å². The number of β-amino-alcohol motifs (C(OH)–C–C–N with tert-alkyl or cyclic N) is 1. The van der Waals surface area contributed by atoms with Crippen molar-refractivity contribution >= 4 is 57.0 Å². The highest BCUT2D eigenvalue weighted by molar-refractivity contribution is 6.03. The van der Waals surface area contributed by atoms with E-state index in [0.29, 0.717) is 42.5 Å². The number of allylic oxidation sites excluding steroid dienone is 2. The Kier molecular flexibility index (Phi) is 18.2. The van der Waals surface area contributed by atoms with Crippen molar-refractivity contribution < 1.29 is 38.1 Å². The van der Waals surface area contributed by atoms with Crippen LogP contribution >= 0.6 is 0 Å². The maximum absolute atomic E-state index is 17.1. The van der Waals surface area contributed by atoms with Gasteiger partial charge in [-0.05, 0) is 97.7 Å². The molecule has 2 unspecified atom stereocenters. The molecular weight excluding hydrogens is 1040 g/mol. The molecule has 10 rings (SSSR count). The van der Waals surface area contributed by atoms with Crippen molar-refractivity contribution in [2.75, 3.05) is 44.2 Å². The molecule has 0 spiro atoms. The molecule has 5 atom stereocenters. The number of benzene rings is 3. The molecule has 0 radical (unpaired) electrons. The third kappa shape index (κ3) is 13.4. The number of phenolic OH excluding ortho intramolecular Hbond substituents is 1. The van der Waals surface area contributed by atoms with E-state index in [-0.39, 0.29) is 94.9 Å². The molecular formula is C64H78F2N10O6. The van der Waals surface area contributed by atoms with Crippen molar-refractivity contribution in [1.82, 2.24) is 40.7 Å². The monoisotopic (exact) mass is 1120 g/mol. The van der Waals surface area contributed by atoms with E-state index in [1.54, 1.807) is 6.20 Å². The zero-order chi connectivity index (χ0) is 57.7. The zero-order valence-corrected chi connectivity index (χ0v) is 47.8. The molecule has 18 heteroatoms. The molecule has 4 saturated heterocycles. The number of aliphatic hydroxyl groups is 1. The largest absolute Gasteiger partial charge is 0.508 e. The summed E-state index contributed by atoms with van der Waals surface area (Å²) in [5.41, 5.74) is 3.62. The molecule has 82 heavy (non-hydrogen) atoms. The predicted octanol–water partition coefficient (Wildman–Crippen LogP) is 9.12. The SMILES string of the molecule is C#Cc1c(F)ccc2cc(O)cc(-c3ncc4c(N5CC6CCC(C5)N6)nc(OC5CCN(CCCCCCCCCCC(=O)N[C@H](C(=O)N6C[C@H](O)C[C@H]6C(=O)NCc6ccc(C7=C(C)N=CC7)cc6)C(C)(C)C)CC5)nc4c3F)c12. The number of rotatable bonds is 21. The fourth-order valence-corrected chi connectivity index (χ4v) is 12.6. The maximum Gasteiger partial charge on any atom is 0.319 e. The Morgan fingerprint density at radius 3 is 2.30 bits per heavy atom. The van der Waals surface area contributed by atoms with Gasteiger partial charge in [0, 0.05) is 99.7 Å². The Morgan fingerprint density at radius 2 is 1.62 bits per heavy atom. The van der Waals surface area contributed by atoms with Crippen LogP contribution in [0.2, 0.25) is 0 Å². The summed E-state index contributed by atoms with van der Waals surface area (Å²) in [6.45, 7) is 12.1. The number of pyridine rings is 1. The Bertz CT molecular complexity index is 3260. The number of hydrogen-bond acceptors (Lipinski definition) is 13. The summed E-state index contributed by atoms with van der Waals surface area (Å²) in [7, 11) is 0. The van der Waals surface area contributed by atoms with Crippen molar-refractivity contribution in [3.63, 3.8) is 0 Å². The van der Waals surface area contributed by atoms with E-state index in [9.17, 15) is 24.6 Å². The number of terminal acetylenes is 1. The standard InChI is InChI=1S/C64H78F2N10O6/c1-6-48-52(65)23-20-42-31-45(77)32-50(55(42)48)57-56(66)58-51(35-68-57)60(75-36-43-21-22-44(37-75)70-43)73-63(72-58)82-47-25-29-74(30-26-47)28-14-12-10-8-7-9-11-13-15-54(79)71-59(64(3,4)5)62(81)76-38-46(78)33-53(76)61(80)69-34-40-16-18-41(19-17-40)49-24-27-67-39(49)2/h1,16-20,23,27,31-32,35,43-44,46-47,53,59,70,77-78H,7-15,21-22,24-26,28-30,33-34,36-38H2,2-5H3,(H,69,80)(H,71,79)/t43?,44?,46-,53+,59-/m1/s1. The number of hydrogen-bond donors (Lipinski definition) is 5. The molecule has 16 nitrogen and oxygen atoms in total. The molecule has 434 valence electrons. The van der Waals surface area contributed by atoms with Gasteiger partial charge in [0.1, 0.15) is 46.8 Å². The Labute approximate surface area is 479 Å². The summed E-state index contributed by atoms with van der Waals surface area (Å²) in [4.78, 5) is 65.6. The first-order chi connectivity index (χ1) is 39.5. The molecule has 3 aromatic carbocycles. The number of piperidine rings is 1. The quantitative estimate of drug-likeness (QED) is 0.0346. The first-order valence-electron chi connectivity index (χ1n) is 29.6. The van der Waals surface area contributed by atoms with Crippen LogP contribution in [0.4, 0.5) is 14.6 Å². The maximum atomic E-state index is 17.1. The molecule has 7 heterocycles. The molecule has 5 aromatic rings. The van der Waals surface area contributed by atoms with Crippen LogP contribution in [0.25, 0.3) is 38.5 Å².